The van der Waals surface area contributed by atoms with Crippen LogP contribution in [0.2, 0.25) is 5.02 Å². The number of anilines is 2. The molecule has 0 spiro atoms. The van der Waals surface area contributed by atoms with E-state index in [1.165, 1.54) is 0 Å². The fraction of sp³-hybridized carbons (Fsp3) is 0.250. The largest absolute Gasteiger partial charge is 0.486 e. The van der Waals surface area contributed by atoms with E-state index >= 15 is 0 Å². The minimum atomic E-state index is 0.0800. The zero-order valence-corrected chi connectivity index (χ0v) is 11.2. The van der Waals surface area contributed by atoms with Gasteiger partial charge in [0.15, 0.2) is 5.82 Å². The van der Waals surface area contributed by atoms with Crippen LogP contribution in [0.5, 0.6) is 5.75 Å². The third kappa shape index (κ3) is 3.45. The van der Waals surface area contributed by atoms with Gasteiger partial charge in [-0.2, -0.15) is 15.0 Å². The summed E-state index contributed by atoms with van der Waals surface area (Å²) in [7, 11) is 0. The molecule has 0 aliphatic heterocycles. The predicted octanol–water partition coefficient (Wildman–Crippen LogP) is 1.83. The van der Waals surface area contributed by atoms with Gasteiger partial charge in [-0.05, 0) is 30.2 Å². The third-order valence-corrected chi connectivity index (χ3v) is 2.85. The lowest BCUT2D eigenvalue weighted by molar-refractivity contribution is 0.295. The molecule has 0 radical (unpaired) electrons. The van der Waals surface area contributed by atoms with Gasteiger partial charge >= 0.3 is 0 Å². The Balaban J connectivity index is 2.10. The van der Waals surface area contributed by atoms with Crippen LogP contribution in [0.1, 0.15) is 18.3 Å². The van der Waals surface area contributed by atoms with Gasteiger partial charge in [0.25, 0.3) is 0 Å². The molecule has 0 atom stereocenters. The monoisotopic (exact) mass is 279 g/mol. The normalized spacial score (nSPS) is 10.4. The molecule has 0 saturated heterocycles. The molecule has 100 valence electrons. The molecule has 0 bridgehead atoms. The van der Waals surface area contributed by atoms with Gasteiger partial charge in [-0.25, -0.2) is 0 Å². The number of benzene rings is 1. The molecular formula is C12H14ClN5O. The summed E-state index contributed by atoms with van der Waals surface area (Å²) in [6.07, 6.45) is 0.835. The number of rotatable bonds is 4. The molecule has 6 nitrogen and oxygen atoms in total. The van der Waals surface area contributed by atoms with Crippen LogP contribution in [0.3, 0.4) is 0 Å². The van der Waals surface area contributed by atoms with E-state index in [1.54, 1.807) is 12.1 Å². The van der Waals surface area contributed by atoms with Crippen molar-refractivity contribution in [1.29, 1.82) is 0 Å². The minimum Gasteiger partial charge on any atom is -0.486 e. The van der Waals surface area contributed by atoms with Gasteiger partial charge in [0, 0.05) is 5.02 Å². The van der Waals surface area contributed by atoms with Crippen molar-refractivity contribution in [1.82, 2.24) is 15.0 Å². The van der Waals surface area contributed by atoms with Crippen molar-refractivity contribution in [2.45, 2.75) is 20.0 Å². The van der Waals surface area contributed by atoms with Gasteiger partial charge in [0.05, 0.1) is 0 Å². The summed E-state index contributed by atoms with van der Waals surface area (Å²) in [5.41, 5.74) is 12.0. The highest BCUT2D eigenvalue weighted by Gasteiger charge is 2.05. The maximum atomic E-state index is 6.03. The Morgan fingerprint density at radius 3 is 2.47 bits per heavy atom. The van der Waals surface area contributed by atoms with Gasteiger partial charge in [-0.1, -0.05) is 18.5 Å². The van der Waals surface area contributed by atoms with Crippen molar-refractivity contribution in [2.24, 2.45) is 0 Å². The molecule has 1 heterocycles. The van der Waals surface area contributed by atoms with E-state index in [0.717, 1.165) is 17.0 Å². The molecule has 4 N–H and O–H groups in total. The average Bonchev–Trinajstić information content (AvgIpc) is 2.36. The van der Waals surface area contributed by atoms with Crippen LogP contribution >= 0.6 is 11.6 Å². The molecule has 0 saturated carbocycles. The van der Waals surface area contributed by atoms with Gasteiger partial charge in [0.2, 0.25) is 11.9 Å². The summed E-state index contributed by atoms with van der Waals surface area (Å²) < 4.78 is 5.58. The molecule has 1 aromatic heterocycles. The summed E-state index contributed by atoms with van der Waals surface area (Å²) in [5, 5.41) is 0.725. The molecule has 0 aliphatic rings. The molecular weight excluding hydrogens is 266 g/mol. The first-order valence-electron chi connectivity index (χ1n) is 5.75. The van der Waals surface area contributed by atoms with Crippen molar-refractivity contribution in [3.63, 3.8) is 0 Å². The summed E-state index contributed by atoms with van der Waals surface area (Å²) in [4.78, 5) is 11.6. The number of aromatic nitrogens is 3. The van der Waals surface area contributed by atoms with E-state index in [4.69, 9.17) is 27.8 Å². The zero-order chi connectivity index (χ0) is 13.8. The highest BCUT2D eigenvalue weighted by atomic mass is 35.5. The minimum absolute atomic E-state index is 0.0800. The number of nitrogen functional groups attached to an aromatic ring is 2. The van der Waals surface area contributed by atoms with Crippen molar-refractivity contribution >= 4 is 23.5 Å². The number of ether oxygens (including phenoxy) is 1. The summed E-state index contributed by atoms with van der Waals surface area (Å²) in [6, 6.07) is 5.47. The maximum absolute atomic E-state index is 6.03. The van der Waals surface area contributed by atoms with Crippen LogP contribution in [0, 0.1) is 0 Å². The molecule has 2 rings (SSSR count). The van der Waals surface area contributed by atoms with E-state index in [1.807, 2.05) is 13.0 Å². The van der Waals surface area contributed by atoms with Crippen molar-refractivity contribution in [3.8, 4) is 5.75 Å². The number of aryl methyl sites for hydroxylation is 1. The van der Waals surface area contributed by atoms with E-state index in [9.17, 15) is 0 Å². The molecule has 0 aliphatic carbocycles. The van der Waals surface area contributed by atoms with Gasteiger partial charge in [0.1, 0.15) is 12.4 Å². The summed E-state index contributed by atoms with van der Waals surface area (Å²) in [5.74, 6) is 1.24. The molecule has 0 fully saturated rings. The highest BCUT2D eigenvalue weighted by Crippen LogP contribution is 2.23. The molecule has 7 heteroatoms. The van der Waals surface area contributed by atoms with Crippen LogP contribution in [-0.4, -0.2) is 15.0 Å². The van der Waals surface area contributed by atoms with Crippen LogP contribution in [0.25, 0.3) is 0 Å². The van der Waals surface area contributed by atoms with E-state index in [0.29, 0.717) is 11.6 Å². The Hall–Kier alpha value is -2.08. The second kappa shape index (κ2) is 5.71. The second-order valence-corrected chi connectivity index (χ2v) is 4.27. The van der Waals surface area contributed by atoms with Crippen molar-refractivity contribution in [3.05, 3.63) is 34.6 Å². The number of hydrogen-bond acceptors (Lipinski definition) is 6. The topological polar surface area (TPSA) is 99.9 Å². The first kappa shape index (κ1) is 13.4. The van der Waals surface area contributed by atoms with E-state index in [-0.39, 0.29) is 18.5 Å². The molecule has 2 aromatic rings. The van der Waals surface area contributed by atoms with E-state index in [2.05, 4.69) is 15.0 Å². The Morgan fingerprint density at radius 1 is 1.16 bits per heavy atom. The number of nitrogens with zero attached hydrogens (tertiary/aromatic N) is 3. The number of hydrogen-bond donors (Lipinski definition) is 2. The lowest BCUT2D eigenvalue weighted by Gasteiger charge is -2.08. The third-order valence-electron chi connectivity index (χ3n) is 2.48. The summed E-state index contributed by atoms with van der Waals surface area (Å²) >= 11 is 6.03. The van der Waals surface area contributed by atoms with E-state index < -0.39 is 0 Å². The fourth-order valence-electron chi connectivity index (χ4n) is 1.58. The quantitative estimate of drug-likeness (QED) is 0.885. The molecule has 19 heavy (non-hydrogen) atoms. The van der Waals surface area contributed by atoms with Crippen LogP contribution in [0.4, 0.5) is 11.9 Å². The Kier molecular flexibility index (Phi) is 4.01. The van der Waals surface area contributed by atoms with Gasteiger partial charge in [-0.3, -0.25) is 0 Å². The first-order chi connectivity index (χ1) is 9.08. The van der Waals surface area contributed by atoms with Crippen LogP contribution in [0.15, 0.2) is 18.2 Å². The molecule has 0 unspecified atom stereocenters. The second-order valence-electron chi connectivity index (χ2n) is 3.86. The Bertz CT molecular complexity index is 570. The lowest BCUT2D eigenvalue weighted by Crippen LogP contribution is -2.09. The average molecular weight is 280 g/mol. The lowest BCUT2D eigenvalue weighted by atomic mass is 10.1. The highest BCUT2D eigenvalue weighted by molar-refractivity contribution is 6.31. The smallest absolute Gasteiger partial charge is 0.225 e. The molecule has 1 aromatic carbocycles. The Labute approximate surface area is 115 Å². The predicted molar refractivity (Wildman–Crippen MR) is 73.8 cm³/mol. The standard InChI is InChI=1S/C12H14ClN5O/c1-2-7-5-8(3-4-9(7)13)19-6-10-16-11(14)18-12(15)17-10/h3-5H,2,6H2,1H3,(H4,14,15,16,17,18). The number of halogens is 1. The van der Waals surface area contributed by atoms with Crippen molar-refractivity contribution in [2.75, 3.05) is 11.5 Å². The van der Waals surface area contributed by atoms with Crippen LogP contribution < -0.4 is 16.2 Å². The van der Waals surface area contributed by atoms with Crippen molar-refractivity contribution < 1.29 is 4.74 Å². The van der Waals surface area contributed by atoms with Gasteiger partial charge < -0.3 is 16.2 Å². The van der Waals surface area contributed by atoms with Gasteiger partial charge in [-0.15, -0.1) is 0 Å². The summed E-state index contributed by atoms with van der Waals surface area (Å²) in [6.45, 7) is 2.19. The SMILES string of the molecule is CCc1cc(OCc2nc(N)nc(N)n2)ccc1Cl. The maximum Gasteiger partial charge on any atom is 0.225 e. The molecule has 0 amide bonds. The fourth-order valence-corrected chi connectivity index (χ4v) is 1.83. The number of nitrogens with two attached hydrogens (primary N) is 2. The van der Waals surface area contributed by atoms with Crippen LogP contribution in [-0.2, 0) is 13.0 Å². The first-order valence-corrected chi connectivity index (χ1v) is 6.13. The zero-order valence-electron chi connectivity index (χ0n) is 10.4. The Morgan fingerprint density at radius 2 is 1.84 bits per heavy atom.